The Morgan fingerprint density at radius 2 is 0.585 bits per heavy atom. The van der Waals surface area contributed by atoms with Crippen LogP contribution in [0.15, 0.2) is 24.3 Å². The van der Waals surface area contributed by atoms with E-state index in [1.807, 2.05) is 0 Å². The van der Waals surface area contributed by atoms with Crippen LogP contribution in [0.5, 0.6) is 0 Å². The Labute approximate surface area is 328 Å². The number of hydrogen-bond acceptors (Lipinski definition) is 5. The van der Waals surface area contributed by atoms with Gasteiger partial charge in [-0.25, -0.2) is 0 Å². The molecule has 0 amide bonds. The van der Waals surface area contributed by atoms with Crippen LogP contribution in [0.25, 0.3) is 0 Å². The van der Waals surface area contributed by atoms with E-state index >= 15 is 0 Å². The molecule has 308 valence electrons. The average Bonchev–Trinajstić information content (AvgIpc) is 3.94. The second-order valence-corrected chi connectivity index (χ2v) is 17.6. The van der Waals surface area contributed by atoms with E-state index in [0.717, 1.165) is 51.5 Å². The van der Waals surface area contributed by atoms with Crippen LogP contribution in [0, 0.1) is 11.8 Å². The van der Waals surface area contributed by atoms with Gasteiger partial charge < -0.3 is 23.7 Å². The van der Waals surface area contributed by atoms with E-state index in [1.165, 1.54) is 205 Å². The van der Waals surface area contributed by atoms with Crippen LogP contribution in [0.3, 0.4) is 0 Å². The molecule has 0 N–H and O–H groups in total. The summed E-state index contributed by atoms with van der Waals surface area (Å²) in [6.45, 7) is 5.94. The number of allylic oxidation sites excluding steroid dienone is 4. The van der Waals surface area contributed by atoms with Crippen LogP contribution >= 0.6 is 0 Å². The molecule has 0 aromatic carbocycles. The molecule has 0 aromatic heterocycles. The Bertz CT molecular complexity index is 775. The van der Waals surface area contributed by atoms with E-state index in [2.05, 4.69) is 24.3 Å². The molecule has 5 heteroatoms. The molecular formula is C48H86O5. The third kappa shape index (κ3) is 29.2. The number of hydrogen-bond donors (Lipinski definition) is 0. The molecule has 0 bridgehead atoms. The fraction of sp³-hybridized carbons (Fsp3) is 0.917. The van der Waals surface area contributed by atoms with E-state index in [1.54, 1.807) is 0 Å². The summed E-state index contributed by atoms with van der Waals surface area (Å²) in [5.41, 5.74) is 0. The quantitative estimate of drug-likeness (QED) is 0.0354. The SMILES string of the molecule is C(=C/CCCCCCCC(CC1CO1)CC1CO1)/CCCCCCCCOCCCCCCCC/C=C\CCCCCCCC(CC1CO1)CC1CO1. The van der Waals surface area contributed by atoms with Gasteiger partial charge in [-0.05, 0) is 102 Å². The maximum absolute atomic E-state index is 5.91. The van der Waals surface area contributed by atoms with Crippen molar-refractivity contribution in [3.8, 4) is 0 Å². The zero-order valence-corrected chi connectivity index (χ0v) is 34.7. The minimum atomic E-state index is 0.574. The standard InChI is InChI=1S/C48H86O5/c1(3-7-11-15-19-23-27-31-43(35-45-39-50-45)36-46-40-51-46)5-9-13-17-21-25-29-33-49-34-30-26-22-18-14-10-6-2-4-8-12-16-20-24-28-32-44(37-47-41-52-47)38-48-42-53-48/h1-4,43-48H,5-42H2/b3-1-,4-2-. The molecule has 4 aliphatic rings. The van der Waals surface area contributed by atoms with Crippen molar-refractivity contribution < 1.29 is 23.7 Å². The molecule has 0 aliphatic carbocycles. The van der Waals surface area contributed by atoms with E-state index in [4.69, 9.17) is 23.7 Å². The largest absolute Gasteiger partial charge is 0.381 e. The fourth-order valence-corrected chi connectivity index (χ4v) is 8.34. The van der Waals surface area contributed by atoms with Gasteiger partial charge in [0.15, 0.2) is 0 Å². The molecule has 0 aromatic rings. The first kappa shape index (κ1) is 45.0. The maximum Gasteiger partial charge on any atom is 0.0812 e. The predicted molar refractivity (Wildman–Crippen MR) is 223 cm³/mol. The monoisotopic (exact) mass is 743 g/mol. The lowest BCUT2D eigenvalue weighted by atomic mass is 9.91. The van der Waals surface area contributed by atoms with Gasteiger partial charge in [0.25, 0.3) is 0 Å². The van der Waals surface area contributed by atoms with E-state index < -0.39 is 0 Å². The Balaban J connectivity index is 0.756. The van der Waals surface area contributed by atoms with Gasteiger partial charge in [-0.15, -0.1) is 0 Å². The smallest absolute Gasteiger partial charge is 0.0812 e. The van der Waals surface area contributed by atoms with Crippen molar-refractivity contribution in [2.24, 2.45) is 11.8 Å². The van der Waals surface area contributed by atoms with Crippen molar-refractivity contribution in [1.29, 1.82) is 0 Å². The van der Waals surface area contributed by atoms with Gasteiger partial charge in [-0.2, -0.15) is 0 Å². The van der Waals surface area contributed by atoms with Crippen molar-refractivity contribution in [2.75, 3.05) is 39.6 Å². The highest BCUT2D eigenvalue weighted by Gasteiger charge is 2.32. The lowest BCUT2D eigenvalue weighted by molar-refractivity contribution is 0.125. The summed E-state index contributed by atoms with van der Waals surface area (Å²) in [5.74, 6) is 1.67. The van der Waals surface area contributed by atoms with Crippen LogP contribution in [0.4, 0.5) is 0 Å². The Morgan fingerprint density at radius 1 is 0.340 bits per heavy atom. The molecule has 5 nitrogen and oxygen atoms in total. The first-order valence-electron chi connectivity index (χ1n) is 23.7. The summed E-state index contributed by atoms with van der Waals surface area (Å²) in [6.07, 6.45) is 55.1. The molecule has 4 fully saturated rings. The molecule has 0 radical (unpaired) electrons. The van der Waals surface area contributed by atoms with Crippen molar-refractivity contribution >= 4 is 0 Å². The lowest BCUT2D eigenvalue weighted by Crippen LogP contribution is -2.08. The van der Waals surface area contributed by atoms with Crippen LogP contribution < -0.4 is 0 Å². The molecule has 0 saturated carbocycles. The molecule has 0 spiro atoms. The molecule has 53 heavy (non-hydrogen) atoms. The van der Waals surface area contributed by atoms with Gasteiger partial charge in [-0.1, -0.05) is 140 Å². The number of epoxide rings is 4. The van der Waals surface area contributed by atoms with Crippen molar-refractivity contribution in [2.45, 2.75) is 230 Å². The highest BCUT2D eigenvalue weighted by Crippen LogP contribution is 2.32. The van der Waals surface area contributed by atoms with Gasteiger partial charge in [0.05, 0.1) is 50.8 Å². The highest BCUT2D eigenvalue weighted by atomic mass is 16.6. The van der Waals surface area contributed by atoms with Crippen LogP contribution in [-0.2, 0) is 23.7 Å². The van der Waals surface area contributed by atoms with Gasteiger partial charge in [0, 0.05) is 13.2 Å². The van der Waals surface area contributed by atoms with Crippen LogP contribution in [0.1, 0.15) is 205 Å². The van der Waals surface area contributed by atoms with E-state index in [9.17, 15) is 0 Å². The topological polar surface area (TPSA) is 59.4 Å². The number of unbranched alkanes of at least 4 members (excludes halogenated alkanes) is 22. The molecule has 4 saturated heterocycles. The predicted octanol–water partition coefficient (Wildman–Crippen LogP) is 13.4. The Hall–Kier alpha value is -0.720. The summed E-state index contributed by atoms with van der Waals surface area (Å²) in [7, 11) is 0. The Kier molecular flexibility index (Phi) is 26.6. The van der Waals surface area contributed by atoms with Crippen molar-refractivity contribution in [1.82, 2.24) is 0 Å². The van der Waals surface area contributed by atoms with Gasteiger partial charge >= 0.3 is 0 Å². The molecule has 4 aliphatic heterocycles. The van der Waals surface area contributed by atoms with Crippen molar-refractivity contribution in [3.05, 3.63) is 24.3 Å². The second kappa shape index (κ2) is 31.4. The summed E-state index contributed by atoms with van der Waals surface area (Å²) in [4.78, 5) is 0. The molecule has 4 rings (SSSR count). The first-order chi connectivity index (χ1) is 26.3. The minimum Gasteiger partial charge on any atom is -0.381 e. The molecule has 4 unspecified atom stereocenters. The second-order valence-electron chi connectivity index (χ2n) is 17.6. The minimum absolute atomic E-state index is 0.574. The summed E-state index contributed by atoms with van der Waals surface area (Å²) < 4.78 is 27.8. The van der Waals surface area contributed by atoms with Gasteiger partial charge in [0.1, 0.15) is 0 Å². The summed E-state index contributed by atoms with van der Waals surface area (Å²) in [6, 6.07) is 0. The molecule has 4 atom stereocenters. The van der Waals surface area contributed by atoms with Gasteiger partial charge in [0.2, 0.25) is 0 Å². The maximum atomic E-state index is 5.91. The van der Waals surface area contributed by atoms with E-state index in [0.29, 0.717) is 24.4 Å². The lowest BCUT2D eigenvalue weighted by Gasteiger charge is -2.14. The zero-order chi connectivity index (χ0) is 36.7. The van der Waals surface area contributed by atoms with Crippen molar-refractivity contribution in [3.63, 3.8) is 0 Å². The van der Waals surface area contributed by atoms with Crippen LogP contribution in [-0.4, -0.2) is 64.1 Å². The summed E-state index contributed by atoms with van der Waals surface area (Å²) in [5, 5.41) is 0. The first-order valence-corrected chi connectivity index (χ1v) is 23.7. The van der Waals surface area contributed by atoms with Gasteiger partial charge in [-0.3, -0.25) is 0 Å². The third-order valence-corrected chi connectivity index (χ3v) is 12.1. The summed E-state index contributed by atoms with van der Waals surface area (Å²) >= 11 is 0. The molecular weight excluding hydrogens is 657 g/mol. The number of rotatable bonds is 42. The zero-order valence-electron chi connectivity index (χ0n) is 34.7. The number of ether oxygens (including phenoxy) is 5. The van der Waals surface area contributed by atoms with Crippen LogP contribution in [0.2, 0.25) is 0 Å². The average molecular weight is 743 g/mol. The fourth-order valence-electron chi connectivity index (χ4n) is 8.34. The van der Waals surface area contributed by atoms with E-state index in [-0.39, 0.29) is 0 Å². The molecule has 4 heterocycles. The Morgan fingerprint density at radius 3 is 0.868 bits per heavy atom. The third-order valence-electron chi connectivity index (χ3n) is 12.1. The highest BCUT2D eigenvalue weighted by molar-refractivity contribution is 4.83. The normalized spacial score (nSPS) is 22.9.